The molecule has 1 N–H and O–H groups in total. The van der Waals surface area contributed by atoms with Crippen LogP contribution in [-0.2, 0) is 11.2 Å². The average Bonchev–Trinajstić information content (AvgIpc) is 2.90. The third-order valence-electron chi connectivity index (χ3n) is 3.06. The fourth-order valence-electron chi connectivity index (χ4n) is 2.00. The lowest BCUT2D eigenvalue weighted by Crippen LogP contribution is -2.25. The highest BCUT2D eigenvalue weighted by Gasteiger charge is 2.17. The summed E-state index contributed by atoms with van der Waals surface area (Å²) in [4.78, 5) is 11.7. The fourth-order valence-corrected chi connectivity index (χ4v) is 2.00. The minimum absolute atomic E-state index is 0.0746. The number of hydrogen-bond donors (Lipinski definition) is 1. The molecule has 0 fully saturated rings. The summed E-state index contributed by atoms with van der Waals surface area (Å²) in [6, 6.07) is 3.92. The molecule has 1 aromatic rings. The van der Waals surface area contributed by atoms with Crippen molar-refractivity contribution in [3.05, 3.63) is 29.3 Å². The van der Waals surface area contributed by atoms with Crippen molar-refractivity contribution in [3.8, 4) is 11.5 Å². The summed E-state index contributed by atoms with van der Waals surface area (Å²) in [5, 5.41) is 2.85. The Balaban J connectivity index is 2.08. The summed E-state index contributed by atoms with van der Waals surface area (Å²) in [5.41, 5.74) is 2.05. The number of fused-ring (bicyclic) bond motifs is 1. The molecule has 0 aromatic heterocycles. The zero-order chi connectivity index (χ0) is 14.5. The molecular weight excluding hydrogens is 254 g/mol. The first-order chi connectivity index (χ1) is 9.60. The average molecular weight is 275 g/mol. The number of aryl methyl sites for hydroxylation is 1. The lowest BCUT2D eigenvalue weighted by atomic mass is 10.1. The molecule has 108 valence electrons. The van der Waals surface area contributed by atoms with Gasteiger partial charge in [0, 0.05) is 12.6 Å². The minimum atomic E-state index is -0.0746. The summed E-state index contributed by atoms with van der Waals surface area (Å²) in [5.74, 6) is 1.96. The number of carbonyl (C=O) groups excluding carboxylic acids is 1. The van der Waals surface area contributed by atoms with Gasteiger partial charge in [-0.25, -0.2) is 0 Å². The topological polar surface area (TPSA) is 47.6 Å². The number of amides is 1. The molecule has 0 radical (unpaired) electrons. The maximum atomic E-state index is 11.7. The quantitative estimate of drug-likeness (QED) is 0.841. The molecule has 0 saturated carbocycles. The molecule has 0 saturated heterocycles. The van der Waals surface area contributed by atoms with Crippen LogP contribution in [0, 0.1) is 5.92 Å². The Hall–Kier alpha value is -1.97. The number of hydrogen-bond acceptors (Lipinski definition) is 3. The maximum Gasteiger partial charge on any atom is 0.244 e. The summed E-state index contributed by atoms with van der Waals surface area (Å²) in [7, 11) is 0. The molecule has 1 amide bonds. The fraction of sp³-hybridized carbons (Fsp3) is 0.438. The van der Waals surface area contributed by atoms with Gasteiger partial charge >= 0.3 is 0 Å². The Morgan fingerprint density at radius 1 is 1.40 bits per heavy atom. The van der Waals surface area contributed by atoms with E-state index in [9.17, 15) is 4.79 Å². The molecule has 0 spiro atoms. The second-order valence-corrected chi connectivity index (χ2v) is 5.24. The first-order valence-corrected chi connectivity index (χ1v) is 6.98. The van der Waals surface area contributed by atoms with E-state index in [-0.39, 0.29) is 12.7 Å². The third-order valence-corrected chi connectivity index (χ3v) is 3.06. The lowest BCUT2D eigenvalue weighted by Gasteiger charge is -2.06. The maximum absolute atomic E-state index is 11.7. The van der Waals surface area contributed by atoms with Gasteiger partial charge < -0.3 is 14.8 Å². The highest BCUT2D eigenvalue weighted by molar-refractivity contribution is 5.91. The van der Waals surface area contributed by atoms with Crippen LogP contribution in [0.3, 0.4) is 0 Å². The van der Waals surface area contributed by atoms with Gasteiger partial charge in [-0.3, -0.25) is 4.79 Å². The van der Waals surface area contributed by atoms with Gasteiger partial charge in [-0.15, -0.1) is 0 Å². The van der Waals surface area contributed by atoms with Crippen LogP contribution in [0.25, 0.3) is 6.08 Å². The van der Waals surface area contributed by atoms with E-state index in [1.807, 2.05) is 12.1 Å². The molecule has 1 heterocycles. The lowest BCUT2D eigenvalue weighted by molar-refractivity contribution is -0.116. The molecule has 1 aliphatic rings. The summed E-state index contributed by atoms with van der Waals surface area (Å²) < 4.78 is 10.9. The summed E-state index contributed by atoms with van der Waals surface area (Å²) >= 11 is 0. The van der Waals surface area contributed by atoms with Gasteiger partial charge in [0.1, 0.15) is 0 Å². The first-order valence-electron chi connectivity index (χ1n) is 6.98. The van der Waals surface area contributed by atoms with Crippen molar-refractivity contribution in [1.29, 1.82) is 0 Å². The molecule has 0 unspecified atom stereocenters. The Morgan fingerprint density at radius 3 is 2.90 bits per heavy atom. The zero-order valence-electron chi connectivity index (χ0n) is 12.2. The van der Waals surface area contributed by atoms with E-state index in [1.54, 1.807) is 12.2 Å². The van der Waals surface area contributed by atoms with Crippen molar-refractivity contribution < 1.29 is 14.3 Å². The van der Waals surface area contributed by atoms with Crippen molar-refractivity contribution >= 4 is 12.0 Å². The number of nitrogens with one attached hydrogen (secondary N) is 1. The molecule has 0 bridgehead atoms. The Morgan fingerprint density at radius 2 is 2.20 bits per heavy atom. The van der Waals surface area contributed by atoms with E-state index in [0.717, 1.165) is 29.0 Å². The van der Waals surface area contributed by atoms with E-state index in [1.165, 1.54) is 0 Å². The largest absolute Gasteiger partial charge is 0.454 e. The normalized spacial score (nSPS) is 13.2. The van der Waals surface area contributed by atoms with E-state index < -0.39 is 0 Å². The monoisotopic (exact) mass is 275 g/mol. The molecule has 0 aliphatic carbocycles. The van der Waals surface area contributed by atoms with E-state index in [4.69, 9.17) is 9.47 Å². The van der Waals surface area contributed by atoms with Gasteiger partial charge in [-0.2, -0.15) is 0 Å². The van der Waals surface area contributed by atoms with Crippen LogP contribution in [0.15, 0.2) is 18.2 Å². The standard InChI is InChI=1S/C16H21NO3/c1-4-13-7-12(8-14-16(13)20-10-19-14)5-6-15(18)17-9-11(2)3/h5-8,11H,4,9-10H2,1-3H3,(H,17,18)/b6-5+. The minimum Gasteiger partial charge on any atom is -0.454 e. The molecule has 2 rings (SSSR count). The molecule has 1 aliphatic heterocycles. The van der Waals surface area contributed by atoms with Gasteiger partial charge in [0.05, 0.1) is 0 Å². The van der Waals surface area contributed by atoms with Gasteiger partial charge in [0.25, 0.3) is 0 Å². The zero-order valence-corrected chi connectivity index (χ0v) is 12.2. The SMILES string of the molecule is CCc1cc(/C=C/C(=O)NCC(C)C)cc2c1OCO2. The van der Waals surface area contributed by atoms with Crippen LogP contribution < -0.4 is 14.8 Å². The highest BCUT2D eigenvalue weighted by atomic mass is 16.7. The Labute approximate surface area is 119 Å². The molecule has 4 nitrogen and oxygen atoms in total. The number of benzene rings is 1. The smallest absolute Gasteiger partial charge is 0.244 e. The van der Waals surface area contributed by atoms with Crippen LogP contribution >= 0.6 is 0 Å². The molecular formula is C16H21NO3. The van der Waals surface area contributed by atoms with Crippen molar-refractivity contribution in [2.45, 2.75) is 27.2 Å². The van der Waals surface area contributed by atoms with Crippen LogP contribution in [-0.4, -0.2) is 19.2 Å². The van der Waals surface area contributed by atoms with Crippen molar-refractivity contribution in [2.75, 3.05) is 13.3 Å². The van der Waals surface area contributed by atoms with E-state index in [0.29, 0.717) is 12.5 Å². The van der Waals surface area contributed by atoms with E-state index in [2.05, 4.69) is 26.1 Å². The third kappa shape index (κ3) is 3.53. The number of carbonyl (C=O) groups is 1. The van der Waals surface area contributed by atoms with Crippen molar-refractivity contribution in [2.24, 2.45) is 5.92 Å². The predicted octanol–water partition coefficient (Wildman–Crippen LogP) is 2.76. The first kappa shape index (κ1) is 14.4. The predicted molar refractivity (Wildman–Crippen MR) is 78.8 cm³/mol. The van der Waals surface area contributed by atoms with Crippen LogP contribution in [0.4, 0.5) is 0 Å². The van der Waals surface area contributed by atoms with Crippen LogP contribution in [0.2, 0.25) is 0 Å². The second-order valence-electron chi connectivity index (χ2n) is 5.24. The van der Waals surface area contributed by atoms with E-state index >= 15 is 0 Å². The number of rotatable bonds is 5. The Kier molecular flexibility index (Phi) is 4.66. The van der Waals surface area contributed by atoms with Gasteiger partial charge in [-0.1, -0.05) is 20.8 Å². The molecule has 1 aromatic carbocycles. The van der Waals surface area contributed by atoms with Gasteiger partial charge in [0.15, 0.2) is 11.5 Å². The van der Waals surface area contributed by atoms with Crippen molar-refractivity contribution in [1.82, 2.24) is 5.32 Å². The molecule has 0 atom stereocenters. The highest BCUT2D eigenvalue weighted by Crippen LogP contribution is 2.37. The summed E-state index contributed by atoms with van der Waals surface area (Å²) in [6.07, 6.45) is 4.23. The van der Waals surface area contributed by atoms with Crippen LogP contribution in [0.5, 0.6) is 11.5 Å². The van der Waals surface area contributed by atoms with Crippen LogP contribution in [0.1, 0.15) is 31.9 Å². The Bertz CT molecular complexity index is 521. The summed E-state index contributed by atoms with van der Waals surface area (Å²) in [6.45, 7) is 7.15. The molecule has 20 heavy (non-hydrogen) atoms. The van der Waals surface area contributed by atoms with Gasteiger partial charge in [0.2, 0.25) is 12.7 Å². The second kappa shape index (κ2) is 6.46. The molecule has 4 heteroatoms. The van der Waals surface area contributed by atoms with Crippen molar-refractivity contribution in [3.63, 3.8) is 0 Å². The number of ether oxygens (including phenoxy) is 2. The van der Waals surface area contributed by atoms with Gasteiger partial charge in [-0.05, 0) is 41.7 Å².